The zero-order chi connectivity index (χ0) is 51.0. The minimum absolute atomic E-state index is 0.0103. The Balaban J connectivity index is 1.57. The number of aromatic amines is 2. The number of para-hydroxylation sites is 1. The molecule has 6 amide bonds. The van der Waals surface area contributed by atoms with Crippen LogP contribution >= 0.6 is 0 Å². The normalized spacial score (nSPS) is 13.6. The maximum Gasteiger partial charge on any atom is 0.326 e. The van der Waals surface area contributed by atoms with Crippen molar-refractivity contribution in [2.75, 3.05) is 19.6 Å². The molecule has 0 aliphatic heterocycles. The summed E-state index contributed by atoms with van der Waals surface area (Å²) in [5.41, 5.74) is 19.2. The summed E-state index contributed by atoms with van der Waals surface area (Å²) in [6.07, 6.45) is 5.07. The lowest BCUT2D eigenvalue weighted by atomic mass is 10.0. The minimum Gasteiger partial charge on any atom is -0.481 e. The third kappa shape index (κ3) is 18.7. The van der Waals surface area contributed by atoms with Gasteiger partial charge in [0.15, 0.2) is 5.96 Å². The number of carboxylic acid groups (broad SMARTS) is 2. The number of H-pyrrole nitrogens is 2. The third-order valence-electron chi connectivity index (χ3n) is 11.1. The molecule has 0 radical (unpaired) electrons. The molecule has 24 heteroatoms. The molecule has 0 aliphatic carbocycles. The highest BCUT2D eigenvalue weighted by Gasteiger charge is 2.33. The standard InChI is InChI=1S/C46H64N14O10/c47-17-7-6-14-34(45(69)70)56-38(61)16-9-18-52-41(65)36(21-28-24-54-32-13-5-4-12-30(28)32)60-42(66)33(15-8-19-53-46(49)50)57-43(67)35(20-27-10-2-1-3-11-27)59-44(68)37(22-29-25-51-26-55-29)58-40(64)31(48)23-39(62)63/h1-5,10-13,24-26,31,33-37,54H,6-9,14-23,47-48H2,(H,51,55)(H,52,65)(H,56,61)(H,57,67)(H,58,64)(H,59,68)(H,60,66)(H,62,63)(H,69,70)(H4,49,50,53)/t31-,33-,34-,35+,36-,37-/m0/s1. The van der Waals surface area contributed by atoms with Crippen molar-refractivity contribution in [2.24, 2.45) is 17.2 Å². The zero-order valence-electron chi connectivity index (χ0n) is 38.6. The number of amides is 6. The Labute approximate surface area is 403 Å². The molecule has 24 nitrogen and oxygen atoms in total. The number of nitrogens with zero attached hydrogens (tertiary/aromatic N) is 1. The number of carboxylic acids is 2. The Bertz CT molecular complexity index is 2380. The van der Waals surface area contributed by atoms with Crippen molar-refractivity contribution in [3.8, 4) is 0 Å². The Morgan fingerprint density at radius 1 is 0.657 bits per heavy atom. The van der Waals surface area contributed by atoms with Gasteiger partial charge in [-0.3, -0.25) is 39.0 Å². The highest BCUT2D eigenvalue weighted by Crippen LogP contribution is 2.20. The number of rotatable bonds is 31. The average Bonchev–Trinajstić information content (AvgIpc) is 4.00. The molecule has 70 heavy (non-hydrogen) atoms. The van der Waals surface area contributed by atoms with Crippen molar-refractivity contribution in [1.29, 1.82) is 5.41 Å². The summed E-state index contributed by atoms with van der Waals surface area (Å²) in [7, 11) is 0. The van der Waals surface area contributed by atoms with E-state index in [1.165, 1.54) is 12.5 Å². The topological polar surface area (TPSA) is 408 Å². The lowest BCUT2D eigenvalue weighted by Gasteiger charge is -2.27. The second-order valence-corrected chi connectivity index (χ2v) is 16.6. The number of nitrogens with one attached hydrogen (secondary N) is 10. The van der Waals surface area contributed by atoms with Crippen LogP contribution in [-0.4, -0.2) is 134 Å². The fraction of sp³-hybridized carbons (Fsp3) is 0.435. The van der Waals surface area contributed by atoms with Gasteiger partial charge < -0.3 is 74.6 Å². The summed E-state index contributed by atoms with van der Waals surface area (Å²) in [6, 6.07) is 8.07. The van der Waals surface area contributed by atoms with E-state index >= 15 is 0 Å². The number of unbranched alkanes of at least 4 members (excludes halogenated alkanes) is 1. The highest BCUT2D eigenvalue weighted by molar-refractivity contribution is 5.97. The maximum atomic E-state index is 14.4. The van der Waals surface area contributed by atoms with E-state index in [9.17, 15) is 48.6 Å². The predicted octanol–water partition coefficient (Wildman–Crippen LogP) is -1.48. The molecule has 0 saturated heterocycles. The van der Waals surface area contributed by atoms with Gasteiger partial charge in [0, 0.05) is 62.1 Å². The quantitative estimate of drug-likeness (QED) is 0.0155. The van der Waals surface area contributed by atoms with Crippen LogP contribution in [0.2, 0.25) is 0 Å². The maximum absolute atomic E-state index is 14.4. The summed E-state index contributed by atoms with van der Waals surface area (Å²) in [5.74, 6) is -7.34. The first-order valence-corrected chi connectivity index (χ1v) is 22.9. The van der Waals surface area contributed by atoms with E-state index < -0.39 is 90.1 Å². The summed E-state index contributed by atoms with van der Waals surface area (Å²) in [6.45, 7) is 0.507. The van der Waals surface area contributed by atoms with E-state index in [1.54, 1.807) is 36.5 Å². The predicted molar refractivity (Wildman–Crippen MR) is 256 cm³/mol. The van der Waals surface area contributed by atoms with Crippen molar-refractivity contribution in [3.63, 3.8) is 0 Å². The van der Waals surface area contributed by atoms with Crippen LogP contribution in [0.1, 0.15) is 68.2 Å². The number of imidazole rings is 1. The average molecular weight is 973 g/mol. The summed E-state index contributed by atoms with van der Waals surface area (Å²) >= 11 is 0. The van der Waals surface area contributed by atoms with Gasteiger partial charge in [-0.1, -0.05) is 48.5 Å². The van der Waals surface area contributed by atoms with Gasteiger partial charge in [0.25, 0.3) is 0 Å². The summed E-state index contributed by atoms with van der Waals surface area (Å²) in [4.78, 5) is 116. The SMILES string of the molecule is N=C(N)NCCC[C@H](NC(=O)[C@@H](Cc1ccccc1)NC(=O)[C@H](Cc1c[nH]cn1)NC(=O)[C@@H](N)CC(=O)O)C(=O)N[C@@H](Cc1c[nH]c2ccccc12)C(=O)NCCCC(=O)N[C@@H](CCCCN)C(=O)O. The molecule has 2 aromatic heterocycles. The fourth-order valence-electron chi connectivity index (χ4n) is 7.38. The van der Waals surface area contributed by atoms with Gasteiger partial charge in [-0.15, -0.1) is 0 Å². The van der Waals surface area contributed by atoms with Gasteiger partial charge in [0.05, 0.1) is 24.5 Å². The number of guanidine groups is 1. The second kappa shape index (κ2) is 28.5. The highest BCUT2D eigenvalue weighted by atomic mass is 16.4. The number of aliphatic carboxylic acids is 2. The molecule has 378 valence electrons. The van der Waals surface area contributed by atoms with Crippen LogP contribution < -0.4 is 54.4 Å². The van der Waals surface area contributed by atoms with Crippen molar-refractivity contribution in [2.45, 2.75) is 107 Å². The molecule has 0 saturated carbocycles. The molecule has 0 aliphatic rings. The monoisotopic (exact) mass is 972 g/mol. The molecule has 0 bridgehead atoms. The minimum atomic E-state index is -1.50. The molecule has 0 fully saturated rings. The summed E-state index contributed by atoms with van der Waals surface area (Å²) < 4.78 is 0. The number of hydrogen-bond acceptors (Lipinski definition) is 12. The first-order valence-electron chi connectivity index (χ1n) is 22.9. The Morgan fingerprint density at radius 2 is 1.27 bits per heavy atom. The largest absolute Gasteiger partial charge is 0.481 e. The van der Waals surface area contributed by atoms with Gasteiger partial charge in [-0.2, -0.15) is 0 Å². The van der Waals surface area contributed by atoms with Crippen molar-refractivity contribution < 1.29 is 48.6 Å². The molecule has 6 atom stereocenters. The number of hydrogen-bond donors (Lipinski definition) is 15. The van der Waals surface area contributed by atoms with Crippen LogP contribution in [-0.2, 0) is 57.6 Å². The first kappa shape index (κ1) is 54.7. The van der Waals surface area contributed by atoms with Crippen LogP contribution in [0.25, 0.3) is 10.9 Å². The first-order chi connectivity index (χ1) is 33.5. The lowest BCUT2D eigenvalue weighted by Crippen LogP contribution is -2.60. The molecule has 2 heterocycles. The van der Waals surface area contributed by atoms with Crippen LogP contribution in [0, 0.1) is 5.41 Å². The van der Waals surface area contributed by atoms with E-state index in [0.717, 1.165) is 10.9 Å². The van der Waals surface area contributed by atoms with Crippen LogP contribution in [0.5, 0.6) is 0 Å². The Morgan fingerprint density at radius 3 is 1.93 bits per heavy atom. The van der Waals surface area contributed by atoms with Crippen molar-refractivity contribution in [1.82, 2.24) is 52.2 Å². The second-order valence-electron chi connectivity index (χ2n) is 16.6. The van der Waals surface area contributed by atoms with Crippen LogP contribution in [0.15, 0.2) is 73.3 Å². The van der Waals surface area contributed by atoms with E-state index in [-0.39, 0.29) is 70.4 Å². The van der Waals surface area contributed by atoms with E-state index in [0.29, 0.717) is 36.2 Å². The number of carbonyl (C=O) groups is 8. The molecule has 18 N–H and O–H groups in total. The van der Waals surface area contributed by atoms with Crippen LogP contribution in [0.4, 0.5) is 0 Å². The van der Waals surface area contributed by atoms with Gasteiger partial charge in [0.1, 0.15) is 30.2 Å². The number of nitrogens with two attached hydrogens (primary N) is 3. The molecule has 2 aromatic carbocycles. The fourth-order valence-corrected chi connectivity index (χ4v) is 7.38. The lowest BCUT2D eigenvalue weighted by molar-refractivity contribution is -0.142. The van der Waals surface area contributed by atoms with E-state index in [1.807, 2.05) is 24.3 Å². The number of aromatic nitrogens is 3. The zero-order valence-corrected chi connectivity index (χ0v) is 38.6. The smallest absolute Gasteiger partial charge is 0.326 e. The number of carbonyl (C=O) groups excluding carboxylic acids is 6. The number of fused-ring (bicyclic) bond motifs is 1. The van der Waals surface area contributed by atoms with E-state index in [2.05, 4.69) is 52.2 Å². The van der Waals surface area contributed by atoms with Gasteiger partial charge in [-0.25, -0.2) is 9.78 Å². The Kier molecular flexibility index (Phi) is 22.3. The molecular weight excluding hydrogens is 909 g/mol. The molecule has 0 spiro atoms. The van der Waals surface area contributed by atoms with Gasteiger partial charge in [0.2, 0.25) is 35.4 Å². The van der Waals surface area contributed by atoms with Crippen molar-refractivity contribution in [3.05, 3.63) is 90.1 Å². The number of benzene rings is 2. The summed E-state index contributed by atoms with van der Waals surface area (Å²) in [5, 5.41) is 45.7. The van der Waals surface area contributed by atoms with Crippen molar-refractivity contribution >= 4 is 64.2 Å². The van der Waals surface area contributed by atoms with Gasteiger partial charge >= 0.3 is 11.9 Å². The molecule has 4 aromatic rings. The molecule has 4 rings (SSSR count). The third-order valence-corrected chi connectivity index (χ3v) is 11.1. The van der Waals surface area contributed by atoms with E-state index in [4.69, 9.17) is 22.6 Å². The Hall–Kier alpha value is -7.86. The molecular formula is C46H64N14O10. The van der Waals surface area contributed by atoms with Gasteiger partial charge in [-0.05, 0) is 62.3 Å². The van der Waals surface area contributed by atoms with Crippen LogP contribution in [0.3, 0.4) is 0 Å². The molecule has 0 unspecified atom stereocenters.